The SMILES string of the molecule is CCOC(=O)n1nc(C(=O)NC2(c3ccc(F)cc3)CCCC2)c2c1CCCC2. The van der Waals surface area contributed by atoms with Crippen LogP contribution >= 0.6 is 0 Å². The summed E-state index contributed by atoms with van der Waals surface area (Å²) in [7, 11) is 0. The quantitative estimate of drug-likeness (QED) is 0.840. The molecule has 0 unspecified atom stereocenters. The van der Waals surface area contributed by atoms with Crippen LogP contribution in [0.5, 0.6) is 0 Å². The number of nitrogens with zero attached hydrogens (tertiary/aromatic N) is 2. The molecule has 0 radical (unpaired) electrons. The van der Waals surface area contributed by atoms with Crippen molar-refractivity contribution in [2.75, 3.05) is 6.61 Å². The van der Waals surface area contributed by atoms with Crippen LogP contribution in [0.2, 0.25) is 0 Å². The van der Waals surface area contributed by atoms with Gasteiger partial charge in [0.25, 0.3) is 5.91 Å². The Hall–Kier alpha value is -2.70. The Balaban J connectivity index is 1.67. The largest absolute Gasteiger partial charge is 0.448 e. The van der Waals surface area contributed by atoms with E-state index in [0.717, 1.165) is 61.8 Å². The number of hydrogen-bond acceptors (Lipinski definition) is 4. The van der Waals surface area contributed by atoms with E-state index in [1.165, 1.54) is 16.8 Å². The van der Waals surface area contributed by atoms with Gasteiger partial charge in [-0.15, -0.1) is 0 Å². The number of benzene rings is 1. The van der Waals surface area contributed by atoms with E-state index in [9.17, 15) is 14.0 Å². The van der Waals surface area contributed by atoms with Gasteiger partial charge in [-0.25, -0.2) is 9.18 Å². The van der Waals surface area contributed by atoms with Crippen molar-refractivity contribution in [2.24, 2.45) is 0 Å². The van der Waals surface area contributed by atoms with Crippen LogP contribution in [0.3, 0.4) is 0 Å². The summed E-state index contributed by atoms with van der Waals surface area (Å²) in [5, 5.41) is 7.55. The van der Waals surface area contributed by atoms with Gasteiger partial charge in [0.1, 0.15) is 5.82 Å². The van der Waals surface area contributed by atoms with E-state index in [-0.39, 0.29) is 18.3 Å². The minimum atomic E-state index is -0.543. The minimum absolute atomic E-state index is 0.253. The van der Waals surface area contributed by atoms with Crippen LogP contribution in [-0.2, 0) is 23.1 Å². The molecule has 6 nitrogen and oxygen atoms in total. The van der Waals surface area contributed by atoms with Crippen LogP contribution in [0.1, 0.15) is 72.8 Å². The van der Waals surface area contributed by atoms with Gasteiger partial charge in [0.05, 0.1) is 17.8 Å². The lowest BCUT2D eigenvalue weighted by molar-refractivity contribution is 0.0891. The highest BCUT2D eigenvalue weighted by Gasteiger charge is 2.39. The molecule has 1 N–H and O–H groups in total. The van der Waals surface area contributed by atoms with Crippen molar-refractivity contribution in [3.05, 3.63) is 52.6 Å². The Morgan fingerprint density at radius 1 is 1.14 bits per heavy atom. The van der Waals surface area contributed by atoms with Gasteiger partial charge in [-0.3, -0.25) is 4.79 Å². The van der Waals surface area contributed by atoms with E-state index >= 15 is 0 Å². The van der Waals surface area contributed by atoms with Gasteiger partial charge >= 0.3 is 6.09 Å². The molecule has 0 aliphatic heterocycles. The standard InChI is InChI=1S/C22H26FN3O3/c1-2-29-21(28)26-18-8-4-3-7-17(18)19(25-26)20(27)24-22(13-5-6-14-22)15-9-11-16(23)12-10-15/h9-12H,2-8,13-14H2,1H3,(H,24,27). The third-order valence-electron chi connectivity index (χ3n) is 6.04. The first-order valence-corrected chi connectivity index (χ1v) is 10.4. The maximum atomic E-state index is 13.4. The van der Waals surface area contributed by atoms with E-state index in [1.54, 1.807) is 19.1 Å². The molecular formula is C22H26FN3O3. The fourth-order valence-electron chi connectivity index (χ4n) is 4.63. The second-order valence-corrected chi connectivity index (χ2v) is 7.84. The third kappa shape index (κ3) is 3.66. The van der Waals surface area contributed by atoms with Gasteiger partial charge in [0.15, 0.2) is 5.69 Å². The molecular weight excluding hydrogens is 373 g/mol. The van der Waals surface area contributed by atoms with Gasteiger partial charge < -0.3 is 10.1 Å². The predicted molar refractivity (Wildman–Crippen MR) is 105 cm³/mol. The Labute approximate surface area is 169 Å². The molecule has 1 fully saturated rings. The van der Waals surface area contributed by atoms with Crippen molar-refractivity contribution >= 4 is 12.0 Å². The number of amides is 1. The number of nitrogens with one attached hydrogen (secondary N) is 1. The van der Waals surface area contributed by atoms with Crippen molar-refractivity contribution < 1.29 is 18.7 Å². The van der Waals surface area contributed by atoms with Crippen LogP contribution in [0, 0.1) is 5.82 Å². The summed E-state index contributed by atoms with van der Waals surface area (Å²) in [4.78, 5) is 25.6. The first kappa shape index (κ1) is 19.6. The van der Waals surface area contributed by atoms with Gasteiger partial charge in [-0.05, 0) is 63.1 Å². The fraction of sp³-hybridized carbons (Fsp3) is 0.500. The fourth-order valence-corrected chi connectivity index (χ4v) is 4.63. The van der Waals surface area contributed by atoms with Gasteiger partial charge in [0, 0.05) is 5.56 Å². The lowest BCUT2D eigenvalue weighted by atomic mass is 9.87. The van der Waals surface area contributed by atoms with Crippen LogP contribution in [0.4, 0.5) is 9.18 Å². The molecule has 1 aromatic heterocycles. The van der Waals surface area contributed by atoms with Crippen LogP contribution in [-0.4, -0.2) is 28.4 Å². The van der Waals surface area contributed by atoms with Crippen molar-refractivity contribution in [1.29, 1.82) is 0 Å². The highest BCUT2D eigenvalue weighted by molar-refractivity contribution is 5.95. The minimum Gasteiger partial charge on any atom is -0.448 e. The first-order valence-electron chi connectivity index (χ1n) is 10.4. The number of aromatic nitrogens is 2. The maximum absolute atomic E-state index is 13.4. The summed E-state index contributed by atoms with van der Waals surface area (Å²) in [5.74, 6) is -0.576. The second-order valence-electron chi connectivity index (χ2n) is 7.84. The molecule has 2 aliphatic rings. The molecule has 0 spiro atoms. The zero-order valence-corrected chi connectivity index (χ0v) is 16.7. The average Bonchev–Trinajstić information content (AvgIpc) is 3.34. The number of ether oxygens (including phenoxy) is 1. The number of carbonyl (C=O) groups excluding carboxylic acids is 2. The van der Waals surface area contributed by atoms with E-state index in [2.05, 4.69) is 10.4 Å². The highest BCUT2D eigenvalue weighted by atomic mass is 19.1. The van der Waals surface area contributed by atoms with Gasteiger partial charge in [-0.1, -0.05) is 25.0 Å². The van der Waals surface area contributed by atoms with Crippen LogP contribution in [0.15, 0.2) is 24.3 Å². The maximum Gasteiger partial charge on any atom is 0.434 e. The molecule has 0 saturated heterocycles. The monoisotopic (exact) mass is 399 g/mol. The molecule has 1 saturated carbocycles. The number of fused-ring (bicyclic) bond motifs is 1. The molecule has 4 rings (SSSR count). The first-order chi connectivity index (χ1) is 14.0. The number of carbonyl (C=O) groups is 2. The summed E-state index contributed by atoms with van der Waals surface area (Å²) >= 11 is 0. The zero-order chi connectivity index (χ0) is 20.4. The Morgan fingerprint density at radius 3 is 2.52 bits per heavy atom. The van der Waals surface area contributed by atoms with Crippen LogP contribution < -0.4 is 5.32 Å². The number of rotatable bonds is 4. The molecule has 7 heteroatoms. The average molecular weight is 399 g/mol. The van der Waals surface area contributed by atoms with Crippen LogP contribution in [0.25, 0.3) is 0 Å². The smallest absolute Gasteiger partial charge is 0.434 e. The van der Waals surface area contributed by atoms with Crippen molar-refractivity contribution in [1.82, 2.24) is 15.1 Å². The molecule has 1 heterocycles. The van der Waals surface area contributed by atoms with E-state index in [1.807, 2.05) is 0 Å². The van der Waals surface area contributed by atoms with Crippen molar-refractivity contribution in [3.8, 4) is 0 Å². The second kappa shape index (κ2) is 7.97. The summed E-state index contributed by atoms with van der Waals surface area (Å²) < 4.78 is 19.8. The van der Waals surface area contributed by atoms with E-state index in [0.29, 0.717) is 12.1 Å². The number of halogens is 1. The highest BCUT2D eigenvalue weighted by Crippen LogP contribution is 2.39. The summed E-state index contributed by atoms with van der Waals surface area (Å²) in [5.41, 5.74) is 2.31. The molecule has 2 aliphatic carbocycles. The molecule has 1 aromatic carbocycles. The zero-order valence-electron chi connectivity index (χ0n) is 16.7. The Kier molecular flexibility index (Phi) is 5.39. The Morgan fingerprint density at radius 2 is 1.83 bits per heavy atom. The van der Waals surface area contributed by atoms with E-state index < -0.39 is 11.6 Å². The normalized spacial score (nSPS) is 17.6. The molecule has 29 heavy (non-hydrogen) atoms. The molecule has 154 valence electrons. The molecule has 0 atom stereocenters. The number of hydrogen-bond donors (Lipinski definition) is 1. The van der Waals surface area contributed by atoms with Gasteiger partial charge in [-0.2, -0.15) is 9.78 Å². The molecule has 1 amide bonds. The summed E-state index contributed by atoms with van der Waals surface area (Å²) in [6.45, 7) is 2.00. The third-order valence-corrected chi connectivity index (χ3v) is 6.04. The lowest BCUT2D eigenvalue weighted by Gasteiger charge is -2.31. The van der Waals surface area contributed by atoms with E-state index in [4.69, 9.17) is 4.74 Å². The summed E-state index contributed by atoms with van der Waals surface area (Å²) in [6.07, 6.45) is 6.39. The molecule has 2 aromatic rings. The van der Waals surface area contributed by atoms with Crippen molar-refractivity contribution in [3.63, 3.8) is 0 Å². The topological polar surface area (TPSA) is 73.2 Å². The Bertz CT molecular complexity index is 914. The summed E-state index contributed by atoms with van der Waals surface area (Å²) in [6, 6.07) is 6.35. The molecule has 0 bridgehead atoms. The van der Waals surface area contributed by atoms with Crippen molar-refractivity contribution in [2.45, 2.75) is 63.8 Å². The lowest BCUT2D eigenvalue weighted by Crippen LogP contribution is -2.44. The predicted octanol–water partition coefficient (Wildman–Crippen LogP) is 4.10. The van der Waals surface area contributed by atoms with Gasteiger partial charge in [0.2, 0.25) is 0 Å².